The molecule has 2 aliphatic rings. The number of aryl methyl sites for hydroxylation is 2. The van der Waals surface area contributed by atoms with Crippen molar-refractivity contribution < 1.29 is 14.3 Å². The van der Waals surface area contributed by atoms with E-state index in [2.05, 4.69) is 37.8 Å². The number of amides is 2. The Morgan fingerprint density at radius 1 is 1.11 bits per heavy atom. The normalized spacial score (nSPS) is 21.8. The summed E-state index contributed by atoms with van der Waals surface area (Å²) in [6.45, 7) is 4.16. The van der Waals surface area contributed by atoms with Crippen LogP contribution in [0, 0.1) is 24.7 Å². The molecular formula is C31H36N3O3P. The number of nitrogens with one attached hydrogen (secondary N) is 2. The fourth-order valence-corrected chi connectivity index (χ4v) is 6.62. The zero-order valence-electron chi connectivity index (χ0n) is 22.3. The second-order valence-electron chi connectivity index (χ2n) is 10.7. The molecule has 2 saturated carbocycles. The van der Waals surface area contributed by atoms with E-state index in [0.29, 0.717) is 17.2 Å². The van der Waals surface area contributed by atoms with Crippen LogP contribution in [0.5, 0.6) is 5.75 Å². The zero-order valence-corrected chi connectivity index (χ0v) is 23.4. The molecule has 38 heavy (non-hydrogen) atoms. The highest BCUT2D eigenvalue weighted by Crippen LogP contribution is 2.49. The van der Waals surface area contributed by atoms with E-state index in [9.17, 15) is 9.59 Å². The maximum absolute atomic E-state index is 13.7. The average Bonchev–Trinajstić information content (AvgIpc) is 3.51. The van der Waals surface area contributed by atoms with Crippen LogP contribution in [0.2, 0.25) is 0 Å². The first-order valence-corrected chi connectivity index (χ1v) is 14.1. The molecule has 7 heteroatoms. The van der Waals surface area contributed by atoms with E-state index in [4.69, 9.17) is 4.74 Å². The SMILES string of the molecule is CCCc1ccc(-c2cc(C(=O)N[C@@H]3[C@H]4CC[C@H](C4)[C@@H]3C(=O)Nc3cccc(C)c3)c(OC)cc2P)nc1. The highest BCUT2D eigenvalue weighted by atomic mass is 31.0. The topological polar surface area (TPSA) is 80.3 Å². The summed E-state index contributed by atoms with van der Waals surface area (Å²) in [6, 6.07) is 15.4. The van der Waals surface area contributed by atoms with Crippen LogP contribution in [0.3, 0.4) is 0 Å². The van der Waals surface area contributed by atoms with Crippen molar-refractivity contribution in [2.45, 2.75) is 52.0 Å². The van der Waals surface area contributed by atoms with Gasteiger partial charge in [-0.1, -0.05) is 31.5 Å². The Morgan fingerprint density at radius 3 is 2.63 bits per heavy atom. The van der Waals surface area contributed by atoms with E-state index in [1.165, 1.54) is 5.56 Å². The number of fused-ring (bicyclic) bond motifs is 2. The molecule has 2 fully saturated rings. The Labute approximate surface area is 227 Å². The Hall–Kier alpha value is -3.24. The lowest BCUT2D eigenvalue weighted by Gasteiger charge is -2.31. The van der Waals surface area contributed by atoms with Crippen LogP contribution in [-0.4, -0.2) is 29.9 Å². The molecule has 2 aromatic carbocycles. The van der Waals surface area contributed by atoms with Crippen LogP contribution < -0.4 is 20.7 Å². The number of nitrogens with zero attached hydrogens (tertiary/aromatic N) is 1. The Morgan fingerprint density at radius 2 is 1.92 bits per heavy atom. The highest BCUT2D eigenvalue weighted by molar-refractivity contribution is 7.28. The summed E-state index contributed by atoms with van der Waals surface area (Å²) in [7, 11) is 4.30. The van der Waals surface area contributed by atoms with Gasteiger partial charge in [-0.3, -0.25) is 14.6 Å². The van der Waals surface area contributed by atoms with Crippen LogP contribution in [0.15, 0.2) is 54.7 Å². The van der Waals surface area contributed by atoms with Gasteiger partial charge in [-0.25, -0.2) is 0 Å². The van der Waals surface area contributed by atoms with Gasteiger partial charge in [0.05, 0.1) is 24.3 Å². The van der Waals surface area contributed by atoms with E-state index >= 15 is 0 Å². The minimum absolute atomic E-state index is 0.0163. The number of hydrogen-bond acceptors (Lipinski definition) is 4. The fourth-order valence-electron chi connectivity index (χ4n) is 6.24. The van der Waals surface area contributed by atoms with Gasteiger partial charge in [0.1, 0.15) is 5.75 Å². The third-order valence-electron chi connectivity index (χ3n) is 8.06. The molecule has 0 aliphatic heterocycles. The molecule has 0 saturated heterocycles. The first-order valence-electron chi connectivity index (χ1n) is 13.5. The Kier molecular flexibility index (Phi) is 7.80. The molecule has 1 aromatic heterocycles. The number of ether oxygens (including phenoxy) is 1. The summed E-state index contributed by atoms with van der Waals surface area (Å²) in [6.07, 6.45) is 6.98. The second-order valence-corrected chi connectivity index (χ2v) is 11.3. The van der Waals surface area contributed by atoms with Crippen molar-refractivity contribution in [1.82, 2.24) is 10.3 Å². The van der Waals surface area contributed by atoms with Gasteiger partial charge in [0.25, 0.3) is 5.91 Å². The molecule has 1 unspecified atom stereocenters. The van der Waals surface area contributed by atoms with Crippen LogP contribution in [0.25, 0.3) is 11.3 Å². The number of benzene rings is 2. The third kappa shape index (κ3) is 5.33. The molecule has 3 aromatic rings. The summed E-state index contributed by atoms with van der Waals surface area (Å²) in [5.74, 6) is 0.601. The van der Waals surface area contributed by atoms with Crippen LogP contribution >= 0.6 is 9.24 Å². The number of carbonyl (C=O) groups excluding carboxylic acids is 2. The lowest BCUT2D eigenvalue weighted by molar-refractivity contribution is -0.122. The van der Waals surface area contributed by atoms with Crippen molar-refractivity contribution in [3.8, 4) is 17.0 Å². The molecule has 0 spiro atoms. The molecule has 6 nitrogen and oxygen atoms in total. The summed E-state index contributed by atoms with van der Waals surface area (Å²) in [4.78, 5) is 31.8. The molecular weight excluding hydrogens is 493 g/mol. The predicted molar refractivity (Wildman–Crippen MR) is 155 cm³/mol. The van der Waals surface area contributed by atoms with Gasteiger partial charge < -0.3 is 15.4 Å². The fraction of sp³-hybridized carbons (Fsp3) is 0.387. The molecule has 1 heterocycles. The minimum Gasteiger partial charge on any atom is -0.496 e. The monoisotopic (exact) mass is 529 g/mol. The first kappa shape index (κ1) is 26.4. The number of rotatable bonds is 8. The van der Waals surface area contributed by atoms with Crippen LogP contribution in [0.1, 0.15) is 54.1 Å². The summed E-state index contributed by atoms with van der Waals surface area (Å²) < 4.78 is 5.61. The van der Waals surface area contributed by atoms with E-state index in [-0.39, 0.29) is 29.7 Å². The summed E-state index contributed by atoms with van der Waals surface area (Å²) >= 11 is 0. The smallest absolute Gasteiger partial charge is 0.255 e. The lowest BCUT2D eigenvalue weighted by Crippen LogP contribution is -2.48. The summed E-state index contributed by atoms with van der Waals surface area (Å²) in [5, 5.41) is 7.25. The maximum Gasteiger partial charge on any atom is 0.255 e. The molecule has 198 valence electrons. The third-order valence-corrected chi connectivity index (χ3v) is 8.54. The molecule has 2 aliphatic carbocycles. The van der Waals surface area contributed by atoms with Crippen molar-refractivity contribution in [2.75, 3.05) is 12.4 Å². The highest BCUT2D eigenvalue weighted by Gasteiger charge is 2.51. The number of methoxy groups -OCH3 is 1. The molecule has 2 bridgehead atoms. The van der Waals surface area contributed by atoms with E-state index in [1.807, 2.05) is 55.6 Å². The molecule has 5 rings (SSSR count). The summed E-state index contributed by atoms with van der Waals surface area (Å²) in [5.41, 5.74) is 5.21. The van der Waals surface area contributed by atoms with Gasteiger partial charge in [-0.15, -0.1) is 9.24 Å². The largest absolute Gasteiger partial charge is 0.496 e. The Bertz CT molecular complexity index is 1340. The lowest BCUT2D eigenvalue weighted by atomic mass is 9.83. The first-order chi connectivity index (χ1) is 18.4. The van der Waals surface area contributed by atoms with Gasteiger partial charge in [-0.05, 0) is 91.2 Å². The van der Waals surface area contributed by atoms with E-state index < -0.39 is 0 Å². The van der Waals surface area contributed by atoms with Gasteiger partial charge in [0.2, 0.25) is 5.91 Å². The number of hydrogen-bond donors (Lipinski definition) is 2. The maximum atomic E-state index is 13.7. The van der Waals surface area contributed by atoms with Gasteiger partial charge in [0, 0.05) is 23.5 Å². The van der Waals surface area contributed by atoms with Crippen molar-refractivity contribution in [3.63, 3.8) is 0 Å². The number of aromatic nitrogens is 1. The van der Waals surface area contributed by atoms with E-state index in [0.717, 1.165) is 59.9 Å². The van der Waals surface area contributed by atoms with Gasteiger partial charge >= 0.3 is 0 Å². The van der Waals surface area contributed by atoms with Gasteiger partial charge in [0.15, 0.2) is 0 Å². The molecule has 2 amide bonds. The minimum atomic E-state index is -0.252. The Balaban J connectivity index is 1.39. The van der Waals surface area contributed by atoms with Crippen molar-refractivity contribution in [1.29, 1.82) is 0 Å². The quantitative estimate of drug-likeness (QED) is 0.388. The van der Waals surface area contributed by atoms with Crippen molar-refractivity contribution >= 4 is 32.0 Å². The van der Waals surface area contributed by atoms with Crippen LogP contribution in [-0.2, 0) is 11.2 Å². The predicted octanol–water partition coefficient (Wildman–Crippen LogP) is 5.30. The molecule has 2 N–H and O–H groups in total. The molecule has 0 radical (unpaired) electrons. The second kappa shape index (κ2) is 11.2. The van der Waals surface area contributed by atoms with Crippen molar-refractivity contribution in [3.05, 3.63) is 71.4 Å². The standard InChI is InChI=1S/C31H36N3O3P/c1-4-6-19-9-12-25(32-17-19)23-15-24(26(37-3)16-27(23)38)30(35)34-29-21-11-10-20(14-21)28(29)31(36)33-22-8-5-7-18(2)13-22/h5,7-9,12-13,15-17,20-21,28-29H,4,6,10-11,14,38H2,1-3H3,(H,33,36)(H,34,35)/t20-,21+,28+,29-/m1/s1. The van der Waals surface area contributed by atoms with Crippen molar-refractivity contribution in [2.24, 2.45) is 17.8 Å². The molecule has 5 atom stereocenters. The number of pyridine rings is 1. The number of carbonyl (C=O) groups is 2. The number of anilines is 1. The van der Waals surface area contributed by atoms with E-state index in [1.54, 1.807) is 7.11 Å². The van der Waals surface area contributed by atoms with Crippen LogP contribution in [0.4, 0.5) is 5.69 Å². The van der Waals surface area contributed by atoms with Gasteiger partial charge in [-0.2, -0.15) is 0 Å². The average molecular weight is 530 g/mol. The zero-order chi connectivity index (χ0) is 26.8.